The molecule has 0 aromatic carbocycles. The molecule has 10 heteroatoms. The molecule has 0 saturated carbocycles. The van der Waals surface area contributed by atoms with E-state index in [2.05, 4.69) is 19.9 Å². The van der Waals surface area contributed by atoms with Crippen LogP contribution in [-0.2, 0) is 16.4 Å². The van der Waals surface area contributed by atoms with Gasteiger partial charge in [-0.1, -0.05) is 41.2 Å². The van der Waals surface area contributed by atoms with Crippen LogP contribution in [0.3, 0.4) is 0 Å². The van der Waals surface area contributed by atoms with Gasteiger partial charge in [0.1, 0.15) is 5.01 Å². The molecule has 18 heavy (non-hydrogen) atoms. The number of nitrogens with one attached hydrogen (secondary N) is 1. The lowest BCUT2D eigenvalue weighted by molar-refractivity contribution is 0.602. The van der Waals surface area contributed by atoms with Crippen LogP contribution < -0.4 is 4.72 Å². The number of rotatable bonds is 4. The zero-order valence-electron chi connectivity index (χ0n) is 9.47. The zero-order chi connectivity index (χ0) is 13.3. The van der Waals surface area contributed by atoms with Crippen LogP contribution in [0, 0.1) is 6.92 Å². The maximum absolute atomic E-state index is 12.1. The average molecular weight is 325 g/mol. The van der Waals surface area contributed by atoms with Crippen LogP contribution in [0.5, 0.6) is 0 Å². The Morgan fingerprint density at radius 2 is 2.06 bits per heavy atom. The van der Waals surface area contributed by atoms with Crippen molar-refractivity contribution in [3.05, 3.63) is 15.2 Å². The van der Waals surface area contributed by atoms with Crippen LogP contribution in [0.25, 0.3) is 0 Å². The molecule has 2 aromatic rings. The lowest BCUT2D eigenvalue weighted by atomic mass is 10.5. The van der Waals surface area contributed by atoms with Crippen molar-refractivity contribution in [2.24, 2.45) is 0 Å². The van der Waals surface area contributed by atoms with Crippen molar-refractivity contribution in [2.45, 2.75) is 24.5 Å². The standard InChI is InChI=1S/C8H9ClN4O2S3/c1-3-5-11-12-8(16-5)13-18(14,15)6-4(2)10-7(9)17-6/h3H2,1-2H3,(H,12,13). The summed E-state index contributed by atoms with van der Waals surface area (Å²) in [5.74, 6) is 0. The zero-order valence-corrected chi connectivity index (χ0v) is 12.7. The number of nitrogens with zero attached hydrogens (tertiary/aromatic N) is 3. The van der Waals surface area contributed by atoms with E-state index in [4.69, 9.17) is 11.6 Å². The molecule has 1 N–H and O–H groups in total. The Bertz CT molecular complexity index is 664. The van der Waals surface area contributed by atoms with Crippen molar-refractivity contribution < 1.29 is 8.42 Å². The second-order valence-electron chi connectivity index (χ2n) is 3.30. The highest BCUT2D eigenvalue weighted by Crippen LogP contribution is 2.29. The molecule has 0 amide bonds. The fraction of sp³-hybridized carbons (Fsp3) is 0.375. The fourth-order valence-corrected chi connectivity index (χ4v) is 4.85. The topological polar surface area (TPSA) is 84.8 Å². The molecule has 0 aliphatic rings. The summed E-state index contributed by atoms with van der Waals surface area (Å²) in [5.41, 5.74) is 0.373. The molecule has 0 radical (unpaired) electrons. The van der Waals surface area contributed by atoms with E-state index in [0.29, 0.717) is 12.1 Å². The van der Waals surface area contributed by atoms with Gasteiger partial charge in [-0.25, -0.2) is 13.4 Å². The lowest BCUT2D eigenvalue weighted by Gasteiger charge is -2.01. The smallest absolute Gasteiger partial charge is 0.252 e. The second kappa shape index (κ2) is 5.08. The molecule has 6 nitrogen and oxygen atoms in total. The molecule has 98 valence electrons. The number of hydrogen-bond donors (Lipinski definition) is 1. The van der Waals surface area contributed by atoms with Crippen LogP contribution >= 0.6 is 34.3 Å². The summed E-state index contributed by atoms with van der Waals surface area (Å²) in [7, 11) is -3.69. The summed E-state index contributed by atoms with van der Waals surface area (Å²) in [6.07, 6.45) is 0.713. The third-order valence-corrected chi connectivity index (χ3v) is 6.29. The number of sulfonamides is 1. The molecule has 2 heterocycles. The monoisotopic (exact) mass is 324 g/mol. The quantitative estimate of drug-likeness (QED) is 0.932. The minimum absolute atomic E-state index is 0.0979. The highest BCUT2D eigenvalue weighted by molar-refractivity contribution is 7.95. The predicted molar refractivity (Wildman–Crippen MR) is 72.0 cm³/mol. The Kier molecular flexibility index (Phi) is 3.85. The molecule has 2 rings (SSSR count). The summed E-state index contributed by atoms with van der Waals surface area (Å²) in [5, 5.41) is 8.62. The molecule has 0 aliphatic carbocycles. The summed E-state index contributed by atoms with van der Waals surface area (Å²) in [6.45, 7) is 3.51. The number of anilines is 1. The van der Waals surface area contributed by atoms with Gasteiger partial charge in [0.25, 0.3) is 10.0 Å². The average Bonchev–Trinajstić information content (AvgIpc) is 2.84. The first-order valence-electron chi connectivity index (χ1n) is 4.90. The predicted octanol–water partition coefficient (Wildman–Crippen LogP) is 2.32. The van der Waals surface area contributed by atoms with Gasteiger partial charge in [-0.15, -0.1) is 10.2 Å². The van der Waals surface area contributed by atoms with E-state index in [1.165, 1.54) is 11.3 Å². The number of hydrogen-bond acceptors (Lipinski definition) is 7. The van der Waals surface area contributed by atoms with Crippen LogP contribution in [-0.4, -0.2) is 23.6 Å². The molecule has 0 bridgehead atoms. The molecule has 0 atom stereocenters. The van der Waals surface area contributed by atoms with Crippen molar-refractivity contribution in [1.82, 2.24) is 15.2 Å². The normalized spacial score (nSPS) is 11.7. The van der Waals surface area contributed by atoms with Crippen molar-refractivity contribution in [3.8, 4) is 0 Å². The van der Waals surface area contributed by atoms with E-state index < -0.39 is 10.0 Å². The van der Waals surface area contributed by atoms with Gasteiger partial charge in [-0.3, -0.25) is 4.72 Å². The maximum atomic E-state index is 12.1. The summed E-state index contributed by atoms with van der Waals surface area (Å²) >= 11 is 7.81. The molecule has 0 spiro atoms. The number of thiazole rings is 1. The Morgan fingerprint density at radius 3 is 2.56 bits per heavy atom. The van der Waals surface area contributed by atoms with Gasteiger partial charge in [0.2, 0.25) is 5.13 Å². The van der Waals surface area contributed by atoms with Crippen molar-refractivity contribution in [1.29, 1.82) is 0 Å². The van der Waals surface area contributed by atoms with Gasteiger partial charge < -0.3 is 0 Å². The first-order valence-corrected chi connectivity index (χ1v) is 8.40. The Hall–Kier alpha value is -0.770. The first kappa shape index (κ1) is 13.7. The molecule has 0 saturated heterocycles. The minimum Gasteiger partial charge on any atom is -0.252 e. The van der Waals surface area contributed by atoms with Crippen LogP contribution in [0.1, 0.15) is 17.6 Å². The Morgan fingerprint density at radius 1 is 1.33 bits per heavy atom. The van der Waals surface area contributed by atoms with Gasteiger partial charge >= 0.3 is 0 Å². The molecule has 0 aliphatic heterocycles. The van der Waals surface area contributed by atoms with E-state index in [-0.39, 0.29) is 13.8 Å². The van der Waals surface area contributed by atoms with Crippen LogP contribution in [0.2, 0.25) is 4.47 Å². The Balaban J connectivity index is 2.29. The van der Waals surface area contributed by atoms with Gasteiger partial charge in [-0.2, -0.15) is 0 Å². The van der Waals surface area contributed by atoms with Gasteiger partial charge in [0, 0.05) is 0 Å². The lowest BCUT2D eigenvalue weighted by Crippen LogP contribution is -2.12. The van der Waals surface area contributed by atoms with Crippen LogP contribution in [0.4, 0.5) is 5.13 Å². The van der Waals surface area contributed by atoms with E-state index in [1.54, 1.807) is 6.92 Å². The van der Waals surface area contributed by atoms with Crippen molar-refractivity contribution in [3.63, 3.8) is 0 Å². The highest BCUT2D eigenvalue weighted by Gasteiger charge is 2.22. The summed E-state index contributed by atoms with van der Waals surface area (Å²) in [4.78, 5) is 3.87. The van der Waals surface area contributed by atoms with Crippen molar-refractivity contribution >= 4 is 49.4 Å². The molecule has 2 aromatic heterocycles. The Labute approximate surface area is 117 Å². The number of aryl methyl sites for hydroxylation is 2. The number of halogens is 1. The third-order valence-electron chi connectivity index (χ3n) is 1.96. The van der Waals surface area contributed by atoms with E-state index in [1.807, 2.05) is 6.92 Å². The third kappa shape index (κ3) is 2.79. The largest absolute Gasteiger partial charge is 0.275 e. The van der Waals surface area contributed by atoms with E-state index in [9.17, 15) is 8.42 Å². The van der Waals surface area contributed by atoms with Gasteiger partial charge in [-0.05, 0) is 13.3 Å². The molecule has 0 fully saturated rings. The van der Waals surface area contributed by atoms with E-state index >= 15 is 0 Å². The van der Waals surface area contributed by atoms with E-state index in [0.717, 1.165) is 16.3 Å². The highest BCUT2D eigenvalue weighted by atomic mass is 35.5. The van der Waals surface area contributed by atoms with Gasteiger partial charge in [0.05, 0.1) is 5.69 Å². The molecular formula is C8H9ClN4O2S3. The molecular weight excluding hydrogens is 316 g/mol. The molecule has 0 unspecified atom stereocenters. The van der Waals surface area contributed by atoms with Crippen molar-refractivity contribution in [2.75, 3.05) is 4.72 Å². The summed E-state index contributed by atoms with van der Waals surface area (Å²) < 4.78 is 26.8. The minimum atomic E-state index is -3.69. The fourth-order valence-electron chi connectivity index (χ4n) is 1.20. The van der Waals surface area contributed by atoms with Crippen LogP contribution in [0.15, 0.2) is 4.21 Å². The van der Waals surface area contributed by atoms with Gasteiger partial charge in [0.15, 0.2) is 8.68 Å². The SMILES string of the molecule is CCc1nnc(NS(=O)(=O)c2sc(Cl)nc2C)s1. The maximum Gasteiger partial charge on any atom is 0.275 e. The second-order valence-corrected chi connectivity index (χ2v) is 7.82. The first-order chi connectivity index (χ1) is 8.42. The summed E-state index contributed by atoms with van der Waals surface area (Å²) in [6, 6.07) is 0. The number of aromatic nitrogens is 3.